The van der Waals surface area contributed by atoms with Crippen molar-refractivity contribution in [2.24, 2.45) is 0 Å². The smallest absolute Gasteiger partial charge is 0.142 e. The highest BCUT2D eigenvalue weighted by Crippen LogP contribution is 2.25. The van der Waals surface area contributed by atoms with Crippen molar-refractivity contribution in [1.29, 1.82) is 0 Å². The fourth-order valence-corrected chi connectivity index (χ4v) is 1.99. The van der Waals surface area contributed by atoms with Crippen LogP contribution in [-0.4, -0.2) is 4.37 Å². The molecule has 1 aromatic heterocycles. The van der Waals surface area contributed by atoms with E-state index < -0.39 is 0 Å². The number of fused-ring (bicyclic) bond motifs is 1. The van der Waals surface area contributed by atoms with Gasteiger partial charge in [-0.25, -0.2) is 4.39 Å². The maximum Gasteiger partial charge on any atom is 0.142 e. The molecular formula is C9H8FNS. The fourth-order valence-electron chi connectivity index (χ4n) is 1.29. The van der Waals surface area contributed by atoms with Crippen LogP contribution in [0.1, 0.15) is 12.5 Å². The number of hydrogen-bond donors (Lipinski definition) is 0. The Hall–Kier alpha value is -0.960. The summed E-state index contributed by atoms with van der Waals surface area (Å²) in [5.41, 5.74) is 1.17. The molecule has 0 fully saturated rings. The zero-order valence-electron chi connectivity index (χ0n) is 6.67. The van der Waals surface area contributed by atoms with Crippen molar-refractivity contribution in [1.82, 2.24) is 4.37 Å². The molecule has 0 amide bonds. The SMILES string of the molecule is CCc1ccc(F)c2sncc12. The van der Waals surface area contributed by atoms with Gasteiger partial charge in [0.15, 0.2) is 0 Å². The summed E-state index contributed by atoms with van der Waals surface area (Å²) >= 11 is 1.22. The lowest BCUT2D eigenvalue weighted by Gasteiger charge is -1.97. The van der Waals surface area contributed by atoms with Crippen LogP contribution in [-0.2, 0) is 6.42 Å². The standard InChI is InChI=1S/C9H8FNS/c1-2-6-3-4-8(10)9-7(6)5-11-12-9/h3-5H,2H2,1H3. The van der Waals surface area contributed by atoms with Crippen molar-refractivity contribution in [2.75, 3.05) is 0 Å². The number of rotatable bonds is 1. The summed E-state index contributed by atoms with van der Waals surface area (Å²) in [7, 11) is 0. The minimum atomic E-state index is -0.162. The number of nitrogens with zero attached hydrogens (tertiary/aromatic N) is 1. The molecule has 62 valence electrons. The van der Waals surface area contributed by atoms with Gasteiger partial charge in [-0.05, 0) is 29.6 Å². The second kappa shape index (κ2) is 2.83. The summed E-state index contributed by atoms with van der Waals surface area (Å²) in [5, 5.41) is 0.961. The molecule has 0 unspecified atom stereocenters. The van der Waals surface area contributed by atoms with Gasteiger partial charge in [-0.1, -0.05) is 13.0 Å². The third-order valence-corrected chi connectivity index (χ3v) is 2.75. The highest BCUT2D eigenvalue weighted by molar-refractivity contribution is 7.13. The number of hydrogen-bond acceptors (Lipinski definition) is 2. The van der Waals surface area contributed by atoms with Gasteiger partial charge in [-0.2, -0.15) is 4.37 Å². The minimum absolute atomic E-state index is 0.162. The first-order chi connectivity index (χ1) is 5.83. The van der Waals surface area contributed by atoms with E-state index in [9.17, 15) is 4.39 Å². The highest BCUT2D eigenvalue weighted by Gasteiger charge is 2.05. The molecular weight excluding hydrogens is 173 g/mol. The summed E-state index contributed by atoms with van der Waals surface area (Å²) in [6.07, 6.45) is 2.66. The Morgan fingerprint density at radius 2 is 2.33 bits per heavy atom. The molecule has 0 spiro atoms. The molecule has 12 heavy (non-hydrogen) atoms. The van der Waals surface area contributed by atoms with Crippen LogP contribution >= 0.6 is 11.5 Å². The van der Waals surface area contributed by atoms with Gasteiger partial charge in [0.25, 0.3) is 0 Å². The monoisotopic (exact) mass is 181 g/mol. The van der Waals surface area contributed by atoms with E-state index in [0.717, 1.165) is 11.8 Å². The van der Waals surface area contributed by atoms with Crippen LogP contribution in [0.5, 0.6) is 0 Å². The van der Waals surface area contributed by atoms with E-state index in [-0.39, 0.29) is 5.82 Å². The zero-order valence-corrected chi connectivity index (χ0v) is 7.49. The largest absolute Gasteiger partial charge is 0.205 e. The van der Waals surface area contributed by atoms with Gasteiger partial charge < -0.3 is 0 Å². The highest BCUT2D eigenvalue weighted by atomic mass is 32.1. The van der Waals surface area contributed by atoms with Gasteiger partial charge >= 0.3 is 0 Å². The predicted octanol–water partition coefficient (Wildman–Crippen LogP) is 3.00. The van der Waals surface area contributed by atoms with Crippen molar-refractivity contribution in [2.45, 2.75) is 13.3 Å². The Kier molecular flexibility index (Phi) is 1.81. The maximum absolute atomic E-state index is 13.1. The van der Waals surface area contributed by atoms with Crippen LogP contribution in [0.2, 0.25) is 0 Å². The van der Waals surface area contributed by atoms with E-state index in [1.54, 1.807) is 6.20 Å². The summed E-state index contributed by atoms with van der Waals surface area (Å²) in [4.78, 5) is 0. The normalized spacial score (nSPS) is 10.8. The molecule has 0 atom stereocenters. The van der Waals surface area contributed by atoms with Gasteiger partial charge in [0, 0.05) is 11.6 Å². The Morgan fingerprint density at radius 1 is 1.50 bits per heavy atom. The molecule has 1 nitrogen and oxygen atoms in total. The Balaban J connectivity index is 2.82. The number of halogens is 1. The third kappa shape index (κ3) is 1.01. The minimum Gasteiger partial charge on any atom is -0.205 e. The summed E-state index contributed by atoms with van der Waals surface area (Å²) in [6, 6.07) is 3.34. The molecule has 2 aromatic rings. The van der Waals surface area contributed by atoms with Crippen molar-refractivity contribution in [3.8, 4) is 0 Å². The van der Waals surface area contributed by atoms with Crippen molar-refractivity contribution in [3.63, 3.8) is 0 Å². The van der Waals surface area contributed by atoms with Crippen LogP contribution in [0.3, 0.4) is 0 Å². The molecule has 0 saturated heterocycles. The molecule has 0 bridgehead atoms. The first-order valence-electron chi connectivity index (χ1n) is 3.84. The van der Waals surface area contributed by atoms with Crippen LogP contribution < -0.4 is 0 Å². The van der Waals surface area contributed by atoms with Gasteiger partial charge in [-0.3, -0.25) is 0 Å². The zero-order chi connectivity index (χ0) is 8.55. The number of benzene rings is 1. The first kappa shape index (κ1) is 7.68. The maximum atomic E-state index is 13.1. The number of aryl methyl sites for hydroxylation is 1. The van der Waals surface area contributed by atoms with Gasteiger partial charge in [0.1, 0.15) is 5.82 Å². The Labute approximate surface area is 74.0 Å². The topological polar surface area (TPSA) is 12.9 Å². The molecule has 0 saturated carbocycles. The molecule has 0 aliphatic carbocycles. The quantitative estimate of drug-likeness (QED) is 0.659. The van der Waals surface area contributed by atoms with E-state index in [1.807, 2.05) is 6.07 Å². The van der Waals surface area contributed by atoms with Crippen LogP contribution in [0.4, 0.5) is 4.39 Å². The van der Waals surface area contributed by atoms with E-state index >= 15 is 0 Å². The van der Waals surface area contributed by atoms with Gasteiger partial charge in [0.05, 0.1) is 4.70 Å². The molecule has 2 rings (SSSR count). The van der Waals surface area contributed by atoms with Crippen LogP contribution in [0.15, 0.2) is 18.3 Å². The third-order valence-electron chi connectivity index (χ3n) is 1.95. The van der Waals surface area contributed by atoms with E-state index in [0.29, 0.717) is 4.70 Å². The summed E-state index contributed by atoms with van der Waals surface area (Å²) in [6.45, 7) is 2.06. The molecule has 3 heteroatoms. The van der Waals surface area contributed by atoms with E-state index in [4.69, 9.17) is 0 Å². The molecule has 0 radical (unpaired) electrons. The Bertz CT molecular complexity index is 408. The van der Waals surface area contributed by atoms with E-state index in [2.05, 4.69) is 11.3 Å². The molecule has 1 aromatic carbocycles. The average molecular weight is 181 g/mol. The fraction of sp³-hybridized carbons (Fsp3) is 0.222. The summed E-state index contributed by atoms with van der Waals surface area (Å²) in [5.74, 6) is -0.162. The average Bonchev–Trinajstić information content (AvgIpc) is 2.54. The Morgan fingerprint density at radius 3 is 3.08 bits per heavy atom. The predicted molar refractivity (Wildman–Crippen MR) is 49.0 cm³/mol. The first-order valence-corrected chi connectivity index (χ1v) is 4.62. The van der Waals surface area contributed by atoms with Crippen LogP contribution in [0, 0.1) is 5.82 Å². The lowest BCUT2D eigenvalue weighted by molar-refractivity contribution is 0.641. The molecule has 1 heterocycles. The second-order valence-electron chi connectivity index (χ2n) is 2.63. The van der Waals surface area contributed by atoms with Crippen molar-refractivity contribution >= 4 is 21.6 Å². The molecule has 0 aliphatic heterocycles. The van der Waals surface area contributed by atoms with Crippen LogP contribution in [0.25, 0.3) is 10.1 Å². The number of aromatic nitrogens is 1. The van der Waals surface area contributed by atoms with Gasteiger partial charge in [-0.15, -0.1) is 0 Å². The van der Waals surface area contributed by atoms with Gasteiger partial charge in [0.2, 0.25) is 0 Å². The van der Waals surface area contributed by atoms with Crippen molar-refractivity contribution in [3.05, 3.63) is 29.7 Å². The summed E-state index contributed by atoms with van der Waals surface area (Å²) < 4.78 is 17.8. The van der Waals surface area contributed by atoms with Crippen molar-refractivity contribution < 1.29 is 4.39 Å². The lowest BCUT2D eigenvalue weighted by Crippen LogP contribution is -1.82. The van der Waals surface area contributed by atoms with E-state index in [1.165, 1.54) is 23.2 Å². The molecule has 0 N–H and O–H groups in total. The molecule has 0 aliphatic rings. The second-order valence-corrected chi connectivity index (χ2v) is 3.43. The lowest BCUT2D eigenvalue weighted by atomic mass is 10.1.